The predicted molar refractivity (Wildman–Crippen MR) is 105 cm³/mol. The first kappa shape index (κ1) is 17.9. The number of carbonyl (C=O) groups is 1. The normalized spacial score (nSPS) is 11.4. The molecule has 0 aliphatic carbocycles. The van der Waals surface area contributed by atoms with Crippen molar-refractivity contribution in [1.82, 2.24) is 14.5 Å². The molecule has 0 aliphatic heterocycles. The van der Waals surface area contributed by atoms with Gasteiger partial charge in [0.1, 0.15) is 10.7 Å². The lowest BCUT2D eigenvalue weighted by atomic mass is 10.2. The Kier molecular flexibility index (Phi) is 4.88. The maximum atomic E-state index is 12.4. The number of rotatable bonds is 5. The number of ketones is 1. The van der Waals surface area contributed by atoms with Crippen molar-refractivity contribution in [3.8, 4) is 0 Å². The molecule has 0 spiro atoms. The summed E-state index contributed by atoms with van der Waals surface area (Å²) in [7, 11) is 1.96. The number of hydrogen-bond acceptors (Lipinski definition) is 5. The molecule has 3 heterocycles. The topological polar surface area (TPSA) is 67.8 Å². The molecule has 0 bridgehead atoms. The third kappa shape index (κ3) is 3.30. The maximum Gasteiger partial charge on any atom is 0.259 e. The van der Waals surface area contributed by atoms with Gasteiger partial charge in [-0.3, -0.25) is 9.59 Å². The second kappa shape index (κ2) is 6.80. The summed E-state index contributed by atoms with van der Waals surface area (Å²) in [5.41, 5.74) is 3.74. The molecular weight excluding hydrogens is 354 g/mol. The molecule has 3 aromatic rings. The number of H-pyrrole nitrogens is 1. The number of nitrogens with zero attached hydrogens (tertiary/aromatic N) is 2. The molecule has 0 aliphatic rings. The van der Waals surface area contributed by atoms with Crippen LogP contribution in [0.3, 0.4) is 0 Å². The van der Waals surface area contributed by atoms with Gasteiger partial charge in [0.25, 0.3) is 5.56 Å². The number of carbonyl (C=O) groups excluding carboxylic acids is 1. The van der Waals surface area contributed by atoms with Crippen molar-refractivity contribution in [3.63, 3.8) is 0 Å². The fourth-order valence-corrected chi connectivity index (χ4v) is 4.65. The molecule has 0 saturated heterocycles. The number of fused-ring (bicyclic) bond motifs is 1. The Morgan fingerprint density at radius 2 is 2.04 bits per heavy atom. The summed E-state index contributed by atoms with van der Waals surface area (Å²) < 4.78 is 2.02. The number of thioether (sulfide) groups is 1. The minimum absolute atomic E-state index is 0.0942. The van der Waals surface area contributed by atoms with E-state index in [4.69, 9.17) is 0 Å². The molecular formula is C18H21N3O2S2. The Hall–Kier alpha value is -1.86. The molecule has 132 valence electrons. The van der Waals surface area contributed by atoms with Crippen molar-refractivity contribution in [2.24, 2.45) is 7.05 Å². The Morgan fingerprint density at radius 3 is 2.68 bits per heavy atom. The molecule has 1 N–H and O–H groups in total. The van der Waals surface area contributed by atoms with Gasteiger partial charge >= 0.3 is 0 Å². The second-order valence-corrected chi connectivity index (χ2v) is 8.42. The van der Waals surface area contributed by atoms with E-state index in [2.05, 4.69) is 9.97 Å². The highest BCUT2D eigenvalue weighted by Crippen LogP contribution is 2.26. The van der Waals surface area contributed by atoms with Crippen LogP contribution in [0, 0.1) is 27.7 Å². The summed E-state index contributed by atoms with van der Waals surface area (Å²) in [5.74, 6) is 1.61. The van der Waals surface area contributed by atoms with Gasteiger partial charge in [0.2, 0.25) is 0 Å². The van der Waals surface area contributed by atoms with Crippen molar-refractivity contribution < 1.29 is 4.79 Å². The van der Waals surface area contributed by atoms with Gasteiger partial charge < -0.3 is 9.55 Å². The van der Waals surface area contributed by atoms with Crippen LogP contribution in [-0.4, -0.2) is 26.1 Å². The first-order valence-corrected chi connectivity index (χ1v) is 9.99. The molecule has 0 saturated carbocycles. The molecule has 5 nitrogen and oxygen atoms in total. The molecule has 0 unspecified atom stereocenters. The smallest absolute Gasteiger partial charge is 0.259 e. The standard InChI is InChI=1S/C18H21N3O2S2/c1-9-6-13(11(3)21(9)5)14(22)7-24-8-15-19-17(23)16-10(2)12(4)25-18(16)20-15/h6H,7-8H2,1-5H3,(H,19,20,23). The molecule has 0 fully saturated rings. The number of Topliss-reactive ketones (excluding diaryl/α,β-unsaturated/α-hetero) is 1. The molecule has 0 atom stereocenters. The van der Waals surface area contributed by atoms with Gasteiger partial charge in [-0.05, 0) is 39.3 Å². The highest BCUT2D eigenvalue weighted by Gasteiger charge is 2.15. The third-order valence-electron chi connectivity index (χ3n) is 4.64. The van der Waals surface area contributed by atoms with E-state index in [0.29, 0.717) is 22.7 Å². The molecule has 0 radical (unpaired) electrons. The van der Waals surface area contributed by atoms with Crippen molar-refractivity contribution >= 4 is 39.1 Å². The lowest BCUT2D eigenvalue weighted by Gasteiger charge is -2.03. The number of aromatic amines is 1. The van der Waals surface area contributed by atoms with E-state index in [0.717, 1.165) is 32.2 Å². The monoisotopic (exact) mass is 375 g/mol. The molecule has 3 aromatic heterocycles. The van der Waals surface area contributed by atoms with Crippen molar-refractivity contribution in [2.45, 2.75) is 33.4 Å². The highest BCUT2D eigenvalue weighted by atomic mass is 32.2. The summed E-state index contributed by atoms with van der Waals surface area (Å²) in [5, 5.41) is 0.683. The van der Waals surface area contributed by atoms with Crippen LogP contribution < -0.4 is 5.56 Å². The Balaban J connectivity index is 1.72. The van der Waals surface area contributed by atoms with Gasteiger partial charge in [0.05, 0.1) is 16.9 Å². The average Bonchev–Trinajstić information content (AvgIpc) is 2.98. The summed E-state index contributed by atoms with van der Waals surface area (Å²) in [4.78, 5) is 34.0. The number of aryl methyl sites for hydroxylation is 3. The minimum Gasteiger partial charge on any atom is -0.351 e. The van der Waals surface area contributed by atoms with Gasteiger partial charge in [-0.1, -0.05) is 0 Å². The Bertz CT molecular complexity index is 1030. The largest absolute Gasteiger partial charge is 0.351 e. The lowest BCUT2D eigenvalue weighted by Crippen LogP contribution is -2.11. The van der Waals surface area contributed by atoms with Gasteiger partial charge in [-0.15, -0.1) is 23.1 Å². The second-order valence-electron chi connectivity index (χ2n) is 6.24. The zero-order valence-electron chi connectivity index (χ0n) is 15.0. The van der Waals surface area contributed by atoms with Crippen LogP contribution >= 0.6 is 23.1 Å². The van der Waals surface area contributed by atoms with Crippen molar-refractivity contribution in [2.75, 3.05) is 5.75 Å². The summed E-state index contributed by atoms with van der Waals surface area (Å²) in [6, 6.07) is 1.93. The summed E-state index contributed by atoms with van der Waals surface area (Å²) in [6.45, 7) is 7.89. The fraction of sp³-hybridized carbons (Fsp3) is 0.389. The predicted octanol–water partition coefficient (Wildman–Crippen LogP) is 3.67. The van der Waals surface area contributed by atoms with E-state index in [-0.39, 0.29) is 11.3 Å². The first-order valence-electron chi connectivity index (χ1n) is 8.02. The lowest BCUT2D eigenvalue weighted by molar-refractivity contribution is 0.102. The first-order chi connectivity index (χ1) is 11.8. The van der Waals surface area contributed by atoms with E-state index in [1.54, 1.807) is 0 Å². The minimum atomic E-state index is -0.0942. The van der Waals surface area contributed by atoms with E-state index in [9.17, 15) is 9.59 Å². The highest BCUT2D eigenvalue weighted by molar-refractivity contribution is 7.99. The fourth-order valence-electron chi connectivity index (χ4n) is 2.82. The van der Waals surface area contributed by atoms with E-state index in [1.807, 2.05) is 45.4 Å². The van der Waals surface area contributed by atoms with Gasteiger partial charge in [0, 0.05) is 28.9 Å². The van der Waals surface area contributed by atoms with Crippen LogP contribution in [0.1, 0.15) is 38.0 Å². The van der Waals surface area contributed by atoms with Crippen LogP contribution in [0.5, 0.6) is 0 Å². The van der Waals surface area contributed by atoms with Crippen LogP contribution in [0.15, 0.2) is 10.9 Å². The van der Waals surface area contributed by atoms with E-state index < -0.39 is 0 Å². The van der Waals surface area contributed by atoms with E-state index >= 15 is 0 Å². The molecule has 3 rings (SSSR count). The molecule has 0 aromatic carbocycles. The Morgan fingerprint density at radius 1 is 1.32 bits per heavy atom. The van der Waals surface area contributed by atoms with E-state index in [1.165, 1.54) is 23.1 Å². The van der Waals surface area contributed by atoms with Gasteiger partial charge in [-0.2, -0.15) is 0 Å². The van der Waals surface area contributed by atoms with Crippen molar-refractivity contribution in [1.29, 1.82) is 0 Å². The van der Waals surface area contributed by atoms with Crippen molar-refractivity contribution in [3.05, 3.63) is 49.6 Å². The summed E-state index contributed by atoms with van der Waals surface area (Å²) >= 11 is 3.01. The van der Waals surface area contributed by atoms with Crippen LogP contribution in [0.25, 0.3) is 10.2 Å². The maximum absolute atomic E-state index is 12.4. The Labute approximate surface area is 154 Å². The quantitative estimate of drug-likeness (QED) is 0.691. The van der Waals surface area contributed by atoms with Gasteiger partial charge in [-0.25, -0.2) is 4.98 Å². The number of nitrogens with one attached hydrogen (secondary N) is 1. The average molecular weight is 376 g/mol. The van der Waals surface area contributed by atoms with Crippen LogP contribution in [0.4, 0.5) is 0 Å². The number of thiophene rings is 1. The van der Waals surface area contributed by atoms with Crippen LogP contribution in [0.2, 0.25) is 0 Å². The molecule has 25 heavy (non-hydrogen) atoms. The number of hydrogen-bond donors (Lipinski definition) is 1. The summed E-state index contributed by atoms with van der Waals surface area (Å²) in [6.07, 6.45) is 0. The number of aromatic nitrogens is 3. The van der Waals surface area contributed by atoms with Gasteiger partial charge in [0.15, 0.2) is 5.78 Å². The molecule has 7 heteroatoms. The molecule has 0 amide bonds. The van der Waals surface area contributed by atoms with Crippen LogP contribution in [-0.2, 0) is 12.8 Å². The zero-order chi connectivity index (χ0) is 18.3. The zero-order valence-corrected chi connectivity index (χ0v) is 16.7. The third-order valence-corrected chi connectivity index (χ3v) is 6.68. The SMILES string of the molecule is Cc1sc2nc(CSCC(=O)c3cc(C)n(C)c3C)[nH]c(=O)c2c1C.